The molecule has 0 aromatic heterocycles. The van der Waals surface area contributed by atoms with Crippen LogP contribution in [0.3, 0.4) is 0 Å². The third kappa shape index (κ3) is 6.43. The first-order valence-corrected chi connectivity index (χ1v) is 10.9. The number of hydrogen-bond donors (Lipinski definition) is 2. The van der Waals surface area contributed by atoms with Crippen molar-refractivity contribution in [3.8, 4) is 0 Å². The molecule has 1 atom stereocenters. The monoisotopic (exact) mass is 458 g/mol. The summed E-state index contributed by atoms with van der Waals surface area (Å²) >= 11 is 11.8. The Morgan fingerprint density at radius 3 is 2.31 bits per heavy atom. The van der Waals surface area contributed by atoms with Crippen molar-refractivity contribution >= 4 is 50.8 Å². The zero-order chi connectivity index (χ0) is 21.6. The largest absolute Gasteiger partial charge is 0.452 e. The van der Waals surface area contributed by atoms with Gasteiger partial charge in [0.25, 0.3) is 5.91 Å². The number of para-hydroxylation sites is 1. The van der Waals surface area contributed by atoms with Gasteiger partial charge < -0.3 is 10.1 Å². The van der Waals surface area contributed by atoms with Crippen molar-refractivity contribution < 1.29 is 22.7 Å². The molecule has 29 heavy (non-hydrogen) atoms. The molecule has 0 radical (unpaired) electrons. The molecule has 2 N–H and O–H groups in total. The van der Waals surface area contributed by atoms with E-state index in [9.17, 15) is 18.0 Å². The number of anilines is 1. The van der Waals surface area contributed by atoms with Gasteiger partial charge >= 0.3 is 5.97 Å². The first kappa shape index (κ1) is 23.2. The Hall–Kier alpha value is -2.13. The van der Waals surface area contributed by atoms with Crippen molar-refractivity contribution in [1.29, 1.82) is 0 Å². The van der Waals surface area contributed by atoms with Crippen LogP contribution in [0.15, 0.2) is 47.4 Å². The zero-order valence-corrected chi connectivity index (χ0v) is 18.1. The number of hydrogen-bond acceptors (Lipinski definition) is 5. The smallest absolute Gasteiger partial charge is 0.307 e. The van der Waals surface area contributed by atoms with Gasteiger partial charge in [-0.15, -0.1) is 0 Å². The van der Waals surface area contributed by atoms with Crippen molar-refractivity contribution in [2.24, 2.45) is 0 Å². The minimum atomic E-state index is -4.01. The summed E-state index contributed by atoms with van der Waals surface area (Å²) in [4.78, 5) is 23.8. The van der Waals surface area contributed by atoms with E-state index in [1.807, 2.05) is 19.1 Å². The second-order valence-electron chi connectivity index (χ2n) is 6.13. The minimum absolute atomic E-state index is 0.0333. The second-order valence-corrected chi connectivity index (χ2v) is 8.65. The minimum Gasteiger partial charge on any atom is -0.452 e. The SMILES string of the molecule is Cc1ccccc1NC(=O)C(C)OC(=O)CCNS(=O)(=O)c1c(Cl)cccc1Cl. The number of ether oxygens (including phenoxy) is 1. The van der Waals surface area contributed by atoms with Crippen molar-refractivity contribution in [2.45, 2.75) is 31.3 Å². The molecule has 0 saturated heterocycles. The molecular formula is C19H20Cl2N2O5S. The lowest BCUT2D eigenvalue weighted by Gasteiger charge is -2.15. The van der Waals surface area contributed by atoms with E-state index in [-0.39, 0.29) is 27.9 Å². The predicted octanol–water partition coefficient (Wildman–Crippen LogP) is 3.54. The Morgan fingerprint density at radius 2 is 1.69 bits per heavy atom. The average Bonchev–Trinajstić information content (AvgIpc) is 2.63. The molecule has 0 aliphatic heterocycles. The molecule has 0 saturated carbocycles. The predicted molar refractivity (Wildman–Crippen MR) is 112 cm³/mol. The summed E-state index contributed by atoms with van der Waals surface area (Å²) in [7, 11) is -4.01. The normalized spacial score (nSPS) is 12.3. The fraction of sp³-hybridized carbons (Fsp3) is 0.263. The van der Waals surface area contributed by atoms with E-state index in [1.54, 1.807) is 12.1 Å². The number of halogens is 2. The lowest BCUT2D eigenvalue weighted by atomic mass is 10.2. The van der Waals surface area contributed by atoms with E-state index in [2.05, 4.69) is 10.0 Å². The van der Waals surface area contributed by atoms with Crippen LogP contribution in [-0.2, 0) is 24.3 Å². The number of sulfonamides is 1. The van der Waals surface area contributed by atoms with Crippen LogP contribution in [-0.4, -0.2) is 32.9 Å². The zero-order valence-electron chi connectivity index (χ0n) is 15.7. The molecule has 0 aliphatic carbocycles. The number of aryl methyl sites for hydroxylation is 1. The summed E-state index contributed by atoms with van der Waals surface area (Å²) in [6.07, 6.45) is -1.32. The molecule has 2 aromatic rings. The van der Waals surface area contributed by atoms with Crippen molar-refractivity contribution in [3.05, 3.63) is 58.1 Å². The Kier molecular flexibility index (Phi) is 8.04. The van der Waals surface area contributed by atoms with Gasteiger partial charge in [-0.3, -0.25) is 9.59 Å². The highest BCUT2D eigenvalue weighted by Gasteiger charge is 2.22. The maximum atomic E-state index is 12.3. The van der Waals surface area contributed by atoms with E-state index in [4.69, 9.17) is 27.9 Å². The summed E-state index contributed by atoms with van der Waals surface area (Å²) in [5.41, 5.74) is 1.48. The lowest BCUT2D eigenvalue weighted by molar-refractivity contribution is -0.152. The van der Waals surface area contributed by atoms with Gasteiger partial charge in [-0.05, 0) is 37.6 Å². The summed E-state index contributed by atoms with van der Waals surface area (Å²) in [5, 5.41) is 2.61. The van der Waals surface area contributed by atoms with Crippen LogP contribution in [0.1, 0.15) is 18.9 Å². The summed E-state index contributed by atoms with van der Waals surface area (Å²) < 4.78 is 31.9. The number of benzene rings is 2. The number of nitrogens with one attached hydrogen (secondary N) is 2. The molecule has 7 nitrogen and oxygen atoms in total. The first-order valence-electron chi connectivity index (χ1n) is 8.61. The van der Waals surface area contributed by atoms with Crippen LogP contribution in [0.5, 0.6) is 0 Å². The Morgan fingerprint density at radius 1 is 1.07 bits per heavy atom. The topological polar surface area (TPSA) is 102 Å². The average molecular weight is 459 g/mol. The van der Waals surface area contributed by atoms with Crippen LogP contribution < -0.4 is 10.0 Å². The van der Waals surface area contributed by atoms with Crippen LogP contribution in [0.4, 0.5) is 5.69 Å². The van der Waals surface area contributed by atoms with E-state index in [1.165, 1.54) is 25.1 Å². The van der Waals surface area contributed by atoms with Crippen molar-refractivity contribution in [1.82, 2.24) is 4.72 Å². The number of carbonyl (C=O) groups is 2. The maximum Gasteiger partial charge on any atom is 0.307 e. The highest BCUT2D eigenvalue weighted by atomic mass is 35.5. The Bertz CT molecular complexity index is 991. The third-order valence-electron chi connectivity index (χ3n) is 3.89. The number of esters is 1. The number of carbonyl (C=O) groups excluding carboxylic acids is 2. The van der Waals surface area contributed by atoms with Gasteiger partial charge in [0.2, 0.25) is 10.0 Å². The van der Waals surface area contributed by atoms with E-state index >= 15 is 0 Å². The molecule has 1 unspecified atom stereocenters. The molecule has 156 valence electrons. The van der Waals surface area contributed by atoms with Gasteiger partial charge in [0, 0.05) is 12.2 Å². The fourth-order valence-electron chi connectivity index (χ4n) is 2.36. The molecular weight excluding hydrogens is 439 g/mol. The highest BCUT2D eigenvalue weighted by Crippen LogP contribution is 2.28. The quantitative estimate of drug-likeness (QED) is 0.588. The molecule has 0 bridgehead atoms. The van der Waals surface area contributed by atoms with Gasteiger partial charge in [-0.1, -0.05) is 47.5 Å². The number of amides is 1. The molecule has 0 fully saturated rings. The summed E-state index contributed by atoms with van der Waals surface area (Å²) in [6, 6.07) is 11.5. The third-order valence-corrected chi connectivity index (χ3v) is 6.30. The van der Waals surface area contributed by atoms with Gasteiger partial charge in [-0.25, -0.2) is 13.1 Å². The van der Waals surface area contributed by atoms with E-state index in [0.717, 1.165) is 5.56 Å². The second kappa shape index (κ2) is 10.1. The molecule has 2 aromatic carbocycles. The first-order chi connectivity index (χ1) is 13.6. The summed E-state index contributed by atoms with van der Waals surface area (Å²) in [5.74, 6) is -1.22. The van der Waals surface area contributed by atoms with Crippen LogP contribution >= 0.6 is 23.2 Å². The molecule has 0 aliphatic rings. The molecule has 2 rings (SSSR count). The van der Waals surface area contributed by atoms with Gasteiger partial charge in [0.1, 0.15) is 4.90 Å². The molecule has 10 heteroatoms. The number of rotatable bonds is 8. The van der Waals surface area contributed by atoms with Gasteiger partial charge in [0.05, 0.1) is 16.5 Å². The van der Waals surface area contributed by atoms with Crippen LogP contribution in [0, 0.1) is 6.92 Å². The Labute approximate surface area is 179 Å². The molecule has 0 heterocycles. The molecule has 1 amide bonds. The van der Waals surface area contributed by atoms with Gasteiger partial charge in [0.15, 0.2) is 6.10 Å². The lowest BCUT2D eigenvalue weighted by Crippen LogP contribution is -2.32. The highest BCUT2D eigenvalue weighted by molar-refractivity contribution is 7.89. The standard InChI is InChI=1S/C19H20Cl2N2O5S/c1-12-6-3-4-9-16(12)23-19(25)13(2)28-17(24)10-11-22-29(26,27)18-14(20)7-5-8-15(18)21/h3-9,13,22H,10-11H2,1-2H3,(H,23,25). The van der Waals surface area contributed by atoms with Gasteiger partial charge in [-0.2, -0.15) is 0 Å². The van der Waals surface area contributed by atoms with Crippen molar-refractivity contribution in [3.63, 3.8) is 0 Å². The fourth-order valence-corrected chi connectivity index (χ4v) is 4.53. The van der Waals surface area contributed by atoms with Crippen molar-refractivity contribution in [2.75, 3.05) is 11.9 Å². The van der Waals surface area contributed by atoms with Crippen LogP contribution in [0.25, 0.3) is 0 Å². The maximum absolute atomic E-state index is 12.3. The summed E-state index contributed by atoms with van der Waals surface area (Å²) in [6.45, 7) is 3.03. The Balaban J connectivity index is 1.86. The van der Waals surface area contributed by atoms with Crippen LogP contribution in [0.2, 0.25) is 10.0 Å². The van der Waals surface area contributed by atoms with E-state index < -0.39 is 28.0 Å². The van der Waals surface area contributed by atoms with E-state index in [0.29, 0.717) is 5.69 Å². The molecule has 0 spiro atoms.